The topological polar surface area (TPSA) is 51.2 Å². The van der Waals surface area contributed by atoms with Crippen LogP contribution in [0.1, 0.15) is 31.9 Å². The van der Waals surface area contributed by atoms with Crippen LogP contribution in [0.25, 0.3) is 12.2 Å². The molecule has 0 aliphatic heterocycles. The summed E-state index contributed by atoms with van der Waals surface area (Å²) in [5.41, 5.74) is 1.17. The van der Waals surface area contributed by atoms with Gasteiger partial charge in [-0.15, -0.1) is 0 Å². The summed E-state index contributed by atoms with van der Waals surface area (Å²) in [6, 6.07) is 9.72. The molecule has 2 aromatic rings. The fourth-order valence-electron chi connectivity index (χ4n) is 1.79. The number of rotatable bonds is 3. The van der Waals surface area contributed by atoms with Crippen molar-refractivity contribution in [2.24, 2.45) is 0 Å². The molecule has 0 fully saturated rings. The molecule has 1 N–H and O–H groups in total. The highest BCUT2D eigenvalue weighted by Gasteiger charge is 2.16. The number of hydrogen-bond donors (Lipinski definition) is 1. The van der Waals surface area contributed by atoms with Gasteiger partial charge in [-0.2, -0.15) is 0 Å². The minimum Gasteiger partial charge on any atom is -0.444 e. The zero-order chi connectivity index (χ0) is 16.9. The van der Waals surface area contributed by atoms with Crippen LogP contribution in [-0.4, -0.2) is 16.7 Å². The standard InChI is InChI=1S/C18H19FN2O2/c1-18(2,3)23-17(22)21-16-12-14(10-11-20-16)5-4-13-6-8-15(19)9-7-13/h4-12H,1-3H3,(H,20,21,22)/b5-4-. The Labute approximate surface area is 135 Å². The number of aromatic nitrogens is 1. The van der Waals surface area contributed by atoms with Crippen molar-refractivity contribution in [3.63, 3.8) is 0 Å². The summed E-state index contributed by atoms with van der Waals surface area (Å²) in [7, 11) is 0. The maximum Gasteiger partial charge on any atom is 0.413 e. The zero-order valence-corrected chi connectivity index (χ0v) is 13.3. The van der Waals surface area contributed by atoms with Gasteiger partial charge in [-0.3, -0.25) is 5.32 Å². The highest BCUT2D eigenvalue weighted by Crippen LogP contribution is 2.14. The summed E-state index contributed by atoms with van der Waals surface area (Å²) in [6.07, 6.45) is 4.75. The highest BCUT2D eigenvalue weighted by molar-refractivity contribution is 5.84. The second-order valence-corrected chi connectivity index (χ2v) is 5.99. The Hall–Kier alpha value is -2.69. The van der Waals surface area contributed by atoms with Gasteiger partial charge in [0, 0.05) is 6.20 Å². The number of halogens is 1. The van der Waals surface area contributed by atoms with Crippen molar-refractivity contribution < 1.29 is 13.9 Å². The molecule has 2 rings (SSSR count). The van der Waals surface area contributed by atoms with Crippen molar-refractivity contribution in [3.8, 4) is 0 Å². The number of benzene rings is 1. The minimum atomic E-state index is -0.565. The van der Waals surface area contributed by atoms with Gasteiger partial charge in [0.05, 0.1) is 0 Å². The molecule has 0 aliphatic carbocycles. The average Bonchev–Trinajstić information content (AvgIpc) is 2.45. The molecule has 0 radical (unpaired) electrons. The van der Waals surface area contributed by atoms with Crippen LogP contribution < -0.4 is 5.32 Å². The lowest BCUT2D eigenvalue weighted by molar-refractivity contribution is 0.0635. The van der Waals surface area contributed by atoms with Gasteiger partial charge in [0.1, 0.15) is 17.2 Å². The highest BCUT2D eigenvalue weighted by atomic mass is 19.1. The van der Waals surface area contributed by atoms with Gasteiger partial charge in [-0.25, -0.2) is 14.2 Å². The van der Waals surface area contributed by atoms with Crippen molar-refractivity contribution in [2.45, 2.75) is 26.4 Å². The summed E-state index contributed by atoms with van der Waals surface area (Å²) in [6.45, 7) is 5.38. The van der Waals surface area contributed by atoms with E-state index in [0.717, 1.165) is 11.1 Å². The summed E-state index contributed by atoms with van der Waals surface area (Å²) in [5, 5.41) is 2.59. The van der Waals surface area contributed by atoms with Crippen molar-refractivity contribution >= 4 is 24.1 Å². The Bertz CT molecular complexity index is 704. The zero-order valence-electron chi connectivity index (χ0n) is 13.3. The van der Waals surface area contributed by atoms with Gasteiger partial charge in [0.15, 0.2) is 0 Å². The molecule has 4 nitrogen and oxygen atoms in total. The largest absolute Gasteiger partial charge is 0.444 e. The lowest BCUT2D eigenvalue weighted by atomic mass is 10.1. The van der Waals surface area contributed by atoms with E-state index in [1.54, 1.807) is 51.2 Å². The average molecular weight is 314 g/mol. The van der Waals surface area contributed by atoms with E-state index in [0.29, 0.717) is 5.82 Å². The predicted molar refractivity (Wildman–Crippen MR) is 89.4 cm³/mol. The second kappa shape index (κ2) is 7.05. The van der Waals surface area contributed by atoms with E-state index in [-0.39, 0.29) is 5.82 Å². The van der Waals surface area contributed by atoms with Gasteiger partial charge < -0.3 is 4.74 Å². The fourth-order valence-corrected chi connectivity index (χ4v) is 1.79. The first-order chi connectivity index (χ1) is 10.8. The molecule has 0 unspecified atom stereocenters. The smallest absolute Gasteiger partial charge is 0.413 e. The van der Waals surface area contributed by atoms with Crippen LogP contribution in [0.4, 0.5) is 15.0 Å². The van der Waals surface area contributed by atoms with Crippen LogP contribution in [-0.2, 0) is 4.74 Å². The van der Waals surface area contributed by atoms with Gasteiger partial charge >= 0.3 is 6.09 Å². The number of hydrogen-bond acceptors (Lipinski definition) is 3. The molecule has 0 saturated heterocycles. The van der Waals surface area contributed by atoms with Gasteiger partial charge in [-0.1, -0.05) is 24.3 Å². The normalized spacial score (nSPS) is 11.5. The Morgan fingerprint density at radius 3 is 2.43 bits per heavy atom. The SMILES string of the molecule is CC(C)(C)OC(=O)Nc1cc(/C=C\c2ccc(F)cc2)ccn1. The second-order valence-electron chi connectivity index (χ2n) is 5.99. The molecule has 1 heterocycles. The summed E-state index contributed by atoms with van der Waals surface area (Å²) < 4.78 is 18.0. The molecular formula is C18H19FN2O2. The summed E-state index contributed by atoms with van der Waals surface area (Å²) in [4.78, 5) is 15.8. The Morgan fingerprint density at radius 1 is 1.13 bits per heavy atom. The molecule has 23 heavy (non-hydrogen) atoms. The molecule has 0 aliphatic rings. The van der Waals surface area contributed by atoms with Gasteiger partial charge in [-0.05, 0) is 56.2 Å². The summed E-state index contributed by atoms with van der Waals surface area (Å²) >= 11 is 0. The quantitative estimate of drug-likeness (QED) is 0.890. The van der Waals surface area contributed by atoms with Crippen molar-refractivity contribution in [1.29, 1.82) is 0 Å². The number of nitrogens with one attached hydrogen (secondary N) is 1. The molecule has 1 aromatic carbocycles. The Morgan fingerprint density at radius 2 is 1.78 bits per heavy atom. The minimum absolute atomic E-state index is 0.269. The molecule has 0 atom stereocenters. The third kappa shape index (κ3) is 5.90. The van der Waals surface area contributed by atoms with E-state index in [2.05, 4.69) is 10.3 Å². The third-order valence-electron chi connectivity index (χ3n) is 2.75. The molecule has 0 bridgehead atoms. The monoisotopic (exact) mass is 314 g/mol. The molecule has 5 heteroatoms. The first kappa shape index (κ1) is 16.7. The third-order valence-corrected chi connectivity index (χ3v) is 2.75. The lowest BCUT2D eigenvalue weighted by Crippen LogP contribution is -2.27. The van der Waals surface area contributed by atoms with Crippen LogP contribution in [0, 0.1) is 5.82 Å². The number of amides is 1. The molecule has 1 aromatic heterocycles. The van der Waals surface area contributed by atoms with Crippen molar-refractivity contribution in [3.05, 3.63) is 59.5 Å². The van der Waals surface area contributed by atoms with Crippen LogP contribution in [0.15, 0.2) is 42.6 Å². The molecule has 0 saturated carbocycles. The molecule has 0 spiro atoms. The van der Waals surface area contributed by atoms with E-state index < -0.39 is 11.7 Å². The molecular weight excluding hydrogens is 295 g/mol. The molecule has 1 amide bonds. The molecule has 120 valence electrons. The van der Waals surface area contributed by atoms with Gasteiger partial charge in [0.2, 0.25) is 0 Å². The predicted octanol–water partition coefficient (Wildman–Crippen LogP) is 4.74. The number of ether oxygens (including phenoxy) is 1. The van der Waals surface area contributed by atoms with Crippen LogP contribution in [0.5, 0.6) is 0 Å². The number of anilines is 1. The van der Waals surface area contributed by atoms with E-state index in [9.17, 15) is 9.18 Å². The van der Waals surface area contributed by atoms with Crippen LogP contribution >= 0.6 is 0 Å². The number of carbonyl (C=O) groups excluding carboxylic acids is 1. The Balaban J connectivity index is 2.05. The summed E-state index contributed by atoms with van der Waals surface area (Å²) in [5.74, 6) is 0.135. The number of nitrogens with zero attached hydrogens (tertiary/aromatic N) is 1. The lowest BCUT2D eigenvalue weighted by Gasteiger charge is -2.19. The Kier molecular flexibility index (Phi) is 5.11. The van der Waals surface area contributed by atoms with Crippen LogP contribution in [0.3, 0.4) is 0 Å². The van der Waals surface area contributed by atoms with E-state index in [4.69, 9.17) is 4.74 Å². The van der Waals surface area contributed by atoms with E-state index >= 15 is 0 Å². The van der Waals surface area contributed by atoms with Gasteiger partial charge in [0.25, 0.3) is 0 Å². The maximum absolute atomic E-state index is 12.9. The van der Waals surface area contributed by atoms with E-state index in [1.807, 2.05) is 12.2 Å². The van der Waals surface area contributed by atoms with E-state index in [1.165, 1.54) is 12.1 Å². The maximum atomic E-state index is 12.9. The van der Waals surface area contributed by atoms with Crippen molar-refractivity contribution in [2.75, 3.05) is 5.32 Å². The first-order valence-corrected chi connectivity index (χ1v) is 7.21. The number of pyridine rings is 1. The fraction of sp³-hybridized carbons (Fsp3) is 0.222. The van der Waals surface area contributed by atoms with Crippen molar-refractivity contribution in [1.82, 2.24) is 4.98 Å². The first-order valence-electron chi connectivity index (χ1n) is 7.21. The van der Waals surface area contributed by atoms with Crippen LogP contribution in [0.2, 0.25) is 0 Å². The number of carbonyl (C=O) groups is 1.